The maximum atomic E-state index is 11.5. The van der Waals surface area contributed by atoms with Gasteiger partial charge in [0.25, 0.3) is 0 Å². The van der Waals surface area contributed by atoms with Crippen LogP contribution in [0.5, 0.6) is 0 Å². The molecule has 1 fully saturated rings. The molecule has 1 nitrogen and oxygen atoms in total. The highest BCUT2D eigenvalue weighted by molar-refractivity contribution is 5.88. The molecule has 1 heteroatoms. The number of allylic oxidation sites excluding steroid dienone is 1. The van der Waals surface area contributed by atoms with E-state index in [-0.39, 0.29) is 11.3 Å². The van der Waals surface area contributed by atoms with Gasteiger partial charge < -0.3 is 0 Å². The Labute approximate surface area is 68.5 Å². The summed E-state index contributed by atoms with van der Waals surface area (Å²) in [5.41, 5.74) is -0.166. The van der Waals surface area contributed by atoms with Crippen molar-refractivity contribution in [3.63, 3.8) is 0 Å². The second-order valence-electron chi connectivity index (χ2n) is 4.06. The zero-order valence-corrected chi connectivity index (χ0v) is 7.55. The van der Waals surface area contributed by atoms with Crippen molar-refractivity contribution in [2.75, 3.05) is 0 Å². The van der Waals surface area contributed by atoms with Crippen molar-refractivity contribution in [1.82, 2.24) is 0 Å². The molecule has 0 spiro atoms. The van der Waals surface area contributed by atoms with E-state index in [9.17, 15) is 4.79 Å². The molecule has 0 saturated heterocycles. The van der Waals surface area contributed by atoms with E-state index in [1.54, 1.807) is 0 Å². The van der Waals surface area contributed by atoms with E-state index in [4.69, 9.17) is 0 Å². The Morgan fingerprint density at radius 2 is 2.18 bits per heavy atom. The predicted molar refractivity (Wildman–Crippen MR) is 46.3 cm³/mol. The normalized spacial score (nSPS) is 35.7. The second-order valence-corrected chi connectivity index (χ2v) is 4.06. The third-order valence-electron chi connectivity index (χ3n) is 2.90. The van der Waals surface area contributed by atoms with Gasteiger partial charge in [-0.3, -0.25) is 4.79 Å². The molecule has 0 aliphatic heterocycles. The van der Waals surface area contributed by atoms with Crippen LogP contribution in [0, 0.1) is 17.3 Å². The number of carbonyl (C=O) groups is 1. The summed E-state index contributed by atoms with van der Waals surface area (Å²) in [7, 11) is 0. The van der Waals surface area contributed by atoms with E-state index in [2.05, 4.69) is 6.58 Å². The van der Waals surface area contributed by atoms with Crippen LogP contribution in [0.25, 0.3) is 0 Å². The van der Waals surface area contributed by atoms with Gasteiger partial charge in [-0.1, -0.05) is 26.8 Å². The van der Waals surface area contributed by atoms with Gasteiger partial charge >= 0.3 is 0 Å². The standard InChI is InChI=1S/C10H16O/c1-5-8-6-7(2)9(11)10(8,3)4/h5,7-8H,1,6H2,2-4H3. The van der Waals surface area contributed by atoms with Crippen LogP contribution < -0.4 is 0 Å². The summed E-state index contributed by atoms with van der Waals surface area (Å²) in [6.07, 6.45) is 2.90. The molecule has 0 bridgehead atoms. The quantitative estimate of drug-likeness (QED) is 0.527. The summed E-state index contributed by atoms with van der Waals surface area (Å²) < 4.78 is 0. The maximum Gasteiger partial charge on any atom is 0.141 e. The monoisotopic (exact) mass is 152 g/mol. The Morgan fingerprint density at radius 3 is 2.36 bits per heavy atom. The Hall–Kier alpha value is -0.590. The van der Waals surface area contributed by atoms with Gasteiger partial charge in [0.05, 0.1) is 0 Å². The molecule has 2 unspecified atom stereocenters. The van der Waals surface area contributed by atoms with Crippen LogP contribution in [0.1, 0.15) is 27.2 Å². The average Bonchev–Trinajstić information content (AvgIpc) is 2.13. The van der Waals surface area contributed by atoms with Crippen LogP contribution in [-0.2, 0) is 4.79 Å². The van der Waals surface area contributed by atoms with Gasteiger partial charge in [0.2, 0.25) is 0 Å². The number of hydrogen-bond donors (Lipinski definition) is 0. The predicted octanol–water partition coefficient (Wildman–Crippen LogP) is 2.42. The molecule has 0 aromatic rings. The fourth-order valence-electron chi connectivity index (χ4n) is 1.99. The first-order valence-electron chi connectivity index (χ1n) is 4.17. The number of rotatable bonds is 1. The highest BCUT2D eigenvalue weighted by atomic mass is 16.1. The van der Waals surface area contributed by atoms with Crippen molar-refractivity contribution in [2.24, 2.45) is 17.3 Å². The van der Waals surface area contributed by atoms with Crippen LogP contribution in [0.15, 0.2) is 12.7 Å². The SMILES string of the molecule is C=CC1CC(C)C(=O)C1(C)C. The molecule has 0 radical (unpaired) electrons. The molecule has 1 aliphatic rings. The summed E-state index contributed by atoms with van der Waals surface area (Å²) in [6, 6.07) is 0. The van der Waals surface area contributed by atoms with E-state index in [0.29, 0.717) is 11.7 Å². The van der Waals surface area contributed by atoms with E-state index in [1.165, 1.54) is 0 Å². The molecule has 0 heterocycles. The molecule has 0 aromatic heterocycles. The molecule has 62 valence electrons. The first-order chi connectivity index (χ1) is 5.00. The smallest absolute Gasteiger partial charge is 0.141 e. The molecule has 11 heavy (non-hydrogen) atoms. The Kier molecular flexibility index (Phi) is 1.91. The number of Topliss-reactive ketones (excluding diaryl/α,β-unsaturated/α-hetero) is 1. The van der Waals surface area contributed by atoms with Gasteiger partial charge in [0.15, 0.2) is 0 Å². The van der Waals surface area contributed by atoms with Crippen molar-refractivity contribution in [3.8, 4) is 0 Å². The molecule has 0 amide bonds. The first-order valence-corrected chi connectivity index (χ1v) is 4.17. The summed E-state index contributed by atoms with van der Waals surface area (Å²) in [5, 5.41) is 0. The van der Waals surface area contributed by atoms with Crippen LogP contribution in [0.4, 0.5) is 0 Å². The van der Waals surface area contributed by atoms with Gasteiger partial charge in [-0.25, -0.2) is 0 Å². The summed E-state index contributed by atoms with van der Waals surface area (Å²) in [4.78, 5) is 11.5. The summed E-state index contributed by atoms with van der Waals surface area (Å²) in [6.45, 7) is 9.80. The second kappa shape index (κ2) is 2.47. The van der Waals surface area contributed by atoms with Crippen molar-refractivity contribution in [1.29, 1.82) is 0 Å². The van der Waals surface area contributed by atoms with Crippen molar-refractivity contribution < 1.29 is 4.79 Å². The van der Waals surface area contributed by atoms with Gasteiger partial charge in [0.1, 0.15) is 5.78 Å². The molecule has 0 aromatic carbocycles. The van der Waals surface area contributed by atoms with E-state index in [0.717, 1.165) is 6.42 Å². The van der Waals surface area contributed by atoms with Gasteiger partial charge in [-0.15, -0.1) is 6.58 Å². The molecule has 1 aliphatic carbocycles. The minimum absolute atomic E-state index is 0.166. The van der Waals surface area contributed by atoms with Crippen molar-refractivity contribution >= 4 is 5.78 Å². The molecular weight excluding hydrogens is 136 g/mol. The fraction of sp³-hybridized carbons (Fsp3) is 0.700. The lowest BCUT2D eigenvalue weighted by atomic mass is 9.81. The van der Waals surface area contributed by atoms with Gasteiger partial charge in [0, 0.05) is 11.3 Å². The molecule has 2 atom stereocenters. The molecular formula is C10H16O. The lowest BCUT2D eigenvalue weighted by Gasteiger charge is -2.21. The highest BCUT2D eigenvalue weighted by Crippen LogP contribution is 2.43. The Morgan fingerprint density at radius 1 is 1.64 bits per heavy atom. The first kappa shape index (κ1) is 8.51. The van der Waals surface area contributed by atoms with E-state index in [1.807, 2.05) is 26.8 Å². The van der Waals surface area contributed by atoms with Crippen LogP contribution in [0.2, 0.25) is 0 Å². The third kappa shape index (κ3) is 1.13. The molecule has 0 N–H and O–H groups in total. The maximum absolute atomic E-state index is 11.5. The van der Waals surface area contributed by atoms with Gasteiger partial charge in [-0.2, -0.15) is 0 Å². The minimum Gasteiger partial charge on any atom is -0.299 e. The topological polar surface area (TPSA) is 17.1 Å². The Balaban J connectivity index is 2.91. The number of carbonyl (C=O) groups excluding carboxylic acids is 1. The van der Waals surface area contributed by atoms with Crippen LogP contribution >= 0.6 is 0 Å². The third-order valence-corrected chi connectivity index (χ3v) is 2.90. The van der Waals surface area contributed by atoms with Crippen molar-refractivity contribution in [3.05, 3.63) is 12.7 Å². The van der Waals surface area contributed by atoms with E-state index < -0.39 is 0 Å². The average molecular weight is 152 g/mol. The lowest BCUT2D eigenvalue weighted by molar-refractivity contribution is -0.127. The number of hydrogen-bond acceptors (Lipinski definition) is 1. The highest BCUT2D eigenvalue weighted by Gasteiger charge is 2.44. The van der Waals surface area contributed by atoms with E-state index >= 15 is 0 Å². The van der Waals surface area contributed by atoms with Crippen molar-refractivity contribution in [2.45, 2.75) is 27.2 Å². The fourth-order valence-corrected chi connectivity index (χ4v) is 1.99. The largest absolute Gasteiger partial charge is 0.299 e. The zero-order valence-electron chi connectivity index (χ0n) is 7.55. The lowest BCUT2D eigenvalue weighted by Crippen LogP contribution is -2.25. The summed E-state index contributed by atoms with van der Waals surface area (Å²) in [5.74, 6) is 1.00. The molecule has 1 saturated carbocycles. The zero-order chi connectivity index (χ0) is 8.65. The van der Waals surface area contributed by atoms with Crippen LogP contribution in [-0.4, -0.2) is 5.78 Å². The summed E-state index contributed by atoms with van der Waals surface area (Å²) >= 11 is 0. The molecule has 1 rings (SSSR count). The minimum atomic E-state index is -0.166. The van der Waals surface area contributed by atoms with Gasteiger partial charge in [-0.05, 0) is 12.3 Å². The Bertz CT molecular complexity index is 191. The van der Waals surface area contributed by atoms with Crippen LogP contribution in [0.3, 0.4) is 0 Å². The number of ketones is 1.